The number of carbonyl (C=O) groups excluding carboxylic acids is 2. The summed E-state index contributed by atoms with van der Waals surface area (Å²) in [5, 5.41) is 3.60. The first-order valence-corrected chi connectivity index (χ1v) is 10.9. The van der Waals surface area contributed by atoms with E-state index < -0.39 is 0 Å². The van der Waals surface area contributed by atoms with Gasteiger partial charge in [0.05, 0.1) is 31.1 Å². The number of aromatic nitrogens is 1. The molecule has 2 aromatic rings. The number of benzene rings is 1. The van der Waals surface area contributed by atoms with Crippen LogP contribution in [-0.4, -0.2) is 54.5 Å². The molecule has 1 atom stereocenters. The van der Waals surface area contributed by atoms with Crippen molar-refractivity contribution in [1.29, 1.82) is 0 Å². The van der Waals surface area contributed by atoms with E-state index in [0.29, 0.717) is 24.0 Å². The van der Waals surface area contributed by atoms with Crippen LogP contribution in [0.5, 0.6) is 5.75 Å². The van der Waals surface area contributed by atoms with Crippen molar-refractivity contribution < 1.29 is 14.3 Å². The van der Waals surface area contributed by atoms with E-state index >= 15 is 0 Å². The molecule has 1 N–H and O–H groups in total. The summed E-state index contributed by atoms with van der Waals surface area (Å²) in [7, 11) is 1.60. The molecule has 1 unspecified atom stereocenters. The molecule has 7 nitrogen and oxygen atoms in total. The third kappa shape index (κ3) is 4.13. The van der Waals surface area contributed by atoms with Gasteiger partial charge in [0.2, 0.25) is 11.8 Å². The van der Waals surface area contributed by atoms with E-state index in [1.807, 2.05) is 36.1 Å². The summed E-state index contributed by atoms with van der Waals surface area (Å²) in [4.78, 5) is 35.0. The Labute approximate surface area is 174 Å². The van der Waals surface area contributed by atoms with Crippen molar-refractivity contribution in [2.75, 3.05) is 37.0 Å². The summed E-state index contributed by atoms with van der Waals surface area (Å²) >= 11 is 1.58. The number of fused-ring (bicyclic) bond motifs is 1. The maximum absolute atomic E-state index is 13.0. The number of amides is 2. The first-order chi connectivity index (χ1) is 14.1. The van der Waals surface area contributed by atoms with Crippen molar-refractivity contribution in [2.24, 2.45) is 0 Å². The molecule has 1 saturated heterocycles. The van der Waals surface area contributed by atoms with Crippen LogP contribution in [0.1, 0.15) is 30.3 Å². The van der Waals surface area contributed by atoms with Crippen molar-refractivity contribution in [3.05, 3.63) is 34.8 Å². The fourth-order valence-corrected chi connectivity index (χ4v) is 5.04. The Morgan fingerprint density at radius 3 is 2.86 bits per heavy atom. The number of hydrogen-bond acceptors (Lipinski definition) is 6. The predicted octanol–water partition coefficient (Wildman–Crippen LogP) is 2.71. The quantitative estimate of drug-likeness (QED) is 0.814. The van der Waals surface area contributed by atoms with Gasteiger partial charge in [-0.15, -0.1) is 11.3 Å². The van der Waals surface area contributed by atoms with E-state index in [0.717, 1.165) is 24.2 Å². The molecule has 2 aliphatic rings. The molecule has 1 aliphatic carbocycles. The van der Waals surface area contributed by atoms with Gasteiger partial charge in [-0.05, 0) is 44.7 Å². The number of hydrogen-bond donors (Lipinski definition) is 1. The molecule has 1 aromatic carbocycles. The molecular formula is C21H26N4O3S. The van der Waals surface area contributed by atoms with Gasteiger partial charge in [0, 0.05) is 18.0 Å². The Morgan fingerprint density at radius 2 is 2.07 bits per heavy atom. The van der Waals surface area contributed by atoms with Crippen molar-refractivity contribution in [3.8, 4) is 5.75 Å². The monoisotopic (exact) mass is 414 g/mol. The second kappa shape index (κ2) is 8.51. The number of carbonyl (C=O) groups is 2. The van der Waals surface area contributed by atoms with Gasteiger partial charge in [0.1, 0.15) is 5.75 Å². The summed E-state index contributed by atoms with van der Waals surface area (Å²) in [5.41, 5.74) is 1.90. The number of piperazine rings is 1. The Hall–Kier alpha value is -2.45. The molecule has 1 aromatic heterocycles. The molecule has 0 spiro atoms. The van der Waals surface area contributed by atoms with E-state index in [9.17, 15) is 9.59 Å². The Morgan fingerprint density at radius 1 is 1.28 bits per heavy atom. The Balaban J connectivity index is 1.38. The number of thiazole rings is 1. The van der Waals surface area contributed by atoms with E-state index in [4.69, 9.17) is 4.74 Å². The SMILES string of the molecule is COc1ccccc1N1CCN(CC(=O)Nc2nc3c(s2)CCCC3)C(C)C1=O. The van der Waals surface area contributed by atoms with Gasteiger partial charge in [-0.1, -0.05) is 12.1 Å². The molecule has 0 bridgehead atoms. The third-order valence-corrected chi connectivity index (χ3v) is 6.67. The van der Waals surface area contributed by atoms with Gasteiger partial charge < -0.3 is 15.0 Å². The molecule has 4 rings (SSSR count). The fraction of sp³-hybridized carbons (Fsp3) is 0.476. The van der Waals surface area contributed by atoms with Crippen LogP contribution < -0.4 is 15.0 Å². The van der Waals surface area contributed by atoms with Crippen LogP contribution in [0.25, 0.3) is 0 Å². The number of nitrogens with zero attached hydrogens (tertiary/aromatic N) is 3. The summed E-state index contributed by atoms with van der Waals surface area (Å²) in [5.74, 6) is 0.520. The van der Waals surface area contributed by atoms with Crippen molar-refractivity contribution in [1.82, 2.24) is 9.88 Å². The second-order valence-electron chi connectivity index (χ2n) is 7.45. The summed E-state index contributed by atoms with van der Waals surface area (Å²) in [6.45, 7) is 3.16. The van der Waals surface area contributed by atoms with Gasteiger partial charge in [-0.3, -0.25) is 14.5 Å². The lowest BCUT2D eigenvalue weighted by atomic mass is 10.0. The van der Waals surface area contributed by atoms with E-state index in [1.165, 1.54) is 17.7 Å². The second-order valence-corrected chi connectivity index (χ2v) is 8.54. The lowest BCUT2D eigenvalue weighted by Crippen LogP contribution is -2.57. The van der Waals surface area contributed by atoms with E-state index in [1.54, 1.807) is 23.3 Å². The molecular weight excluding hydrogens is 388 g/mol. The van der Waals surface area contributed by atoms with Gasteiger partial charge in [-0.25, -0.2) is 4.98 Å². The van der Waals surface area contributed by atoms with Gasteiger partial charge in [0.15, 0.2) is 5.13 Å². The van der Waals surface area contributed by atoms with Crippen LogP contribution in [0.15, 0.2) is 24.3 Å². The number of aryl methyl sites for hydroxylation is 2. The van der Waals surface area contributed by atoms with Crippen molar-refractivity contribution >= 4 is 34.0 Å². The van der Waals surface area contributed by atoms with E-state index in [2.05, 4.69) is 10.3 Å². The molecule has 2 amide bonds. The highest BCUT2D eigenvalue weighted by Gasteiger charge is 2.34. The van der Waals surface area contributed by atoms with Gasteiger partial charge >= 0.3 is 0 Å². The molecule has 2 heterocycles. The number of ether oxygens (including phenoxy) is 1. The average Bonchev–Trinajstić information content (AvgIpc) is 3.13. The maximum Gasteiger partial charge on any atom is 0.244 e. The molecule has 154 valence electrons. The first-order valence-electron chi connectivity index (χ1n) is 10.0. The van der Waals surface area contributed by atoms with Crippen LogP contribution in [-0.2, 0) is 22.4 Å². The van der Waals surface area contributed by atoms with Gasteiger partial charge in [-0.2, -0.15) is 0 Å². The summed E-state index contributed by atoms with van der Waals surface area (Å²) < 4.78 is 5.40. The molecule has 1 aliphatic heterocycles. The molecule has 29 heavy (non-hydrogen) atoms. The highest BCUT2D eigenvalue weighted by atomic mass is 32.1. The zero-order valence-electron chi connectivity index (χ0n) is 16.8. The zero-order valence-corrected chi connectivity index (χ0v) is 17.6. The molecule has 8 heteroatoms. The lowest BCUT2D eigenvalue weighted by molar-refractivity contribution is -0.127. The highest BCUT2D eigenvalue weighted by Crippen LogP contribution is 2.31. The van der Waals surface area contributed by atoms with Crippen LogP contribution >= 0.6 is 11.3 Å². The lowest BCUT2D eigenvalue weighted by Gasteiger charge is -2.39. The topological polar surface area (TPSA) is 74.8 Å². The fourth-order valence-electron chi connectivity index (χ4n) is 3.97. The average molecular weight is 415 g/mol. The van der Waals surface area contributed by atoms with Gasteiger partial charge in [0.25, 0.3) is 0 Å². The van der Waals surface area contributed by atoms with Crippen LogP contribution in [0.2, 0.25) is 0 Å². The summed E-state index contributed by atoms with van der Waals surface area (Å²) in [6.07, 6.45) is 4.41. The predicted molar refractivity (Wildman–Crippen MR) is 114 cm³/mol. The minimum absolute atomic E-state index is 0.0294. The Bertz CT molecular complexity index is 890. The maximum atomic E-state index is 13.0. The number of anilines is 2. The molecule has 1 fully saturated rings. The zero-order chi connectivity index (χ0) is 20.4. The first kappa shape index (κ1) is 19.8. The minimum atomic E-state index is -0.385. The number of nitrogens with one attached hydrogen (secondary N) is 1. The molecule has 0 saturated carbocycles. The van der Waals surface area contributed by atoms with Crippen LogP contribution in [0.3, 0.4) is 0 Å². The third-order valence-electron chi connectivity index (χ3n) is 5.60. The van der Waals surface area contributed by atoms with Crippen LogP contribution in [0, 0.1) is 0 Å². The van der Waals surface area contributed by atoms with Crippen LogP contribution in [0.4, 0.5) is 10.8 Å². The smallest absolute Gasteiger partial charge is 0.244 e. The largest absolute Gasteiger partial charge is 0.495 e. The number of methoxy groups -OCH3 is 1. The number of para-hydroxylation sites is 2. The summed E-state index contributed by atoms with van der Waals surface area (Å²) in [6, 6.07) is 7.12. The minimum Gasteiger partial charge on any atom is -0.495 e. The normalized spacial score (nSPS) is 19.7. The highest BCUT2D eigenvalue weighted by molar-refractivity contribution is 7.15. The standard InChI is InChI=1S/C21H26N4O3S/c1-14-20(27)25(16-8-4-5-9-17(16)28-2)12-11-24(14)13-19(26)23-21-22-15-7-3-6-10-18(15)29-21/h4-5,8-9,14H,3,6-7,10-13H2,1-2H3,(H,22,23,26). The van der Waals surface area contributed by atoms with Crippen molar-refractivity contribution in [2.45, 2.75) is 38.6 Å². The van der Waals surface area contributed by atoms with E-state index in [-0.39, 0.29) is 24.4 Å². The Kier molecular flexibility index (Phi) is 5.82. The van der Waals surface area contributed by atoms with Crippen molar-refractivity contribution in [3.63, 3.8) is 0 Å². The number of rotatable bonds is 5. The molecule has 0 radical (unpaired) electrons.